The molecule has 7 nitrogen and oxygen atoms in total. The second-order valence-electron chi connectivity index (χ2n) is 6.74. The molecule has 0 bridgehead atoms. The van der Waals surface area contributed by atoms with Gasteiger partial charge in [0.2, 0.25) is 6.29 Å². The first kappa shape index (κ1) is 20.0. The molecule has 156 valence electrons. The van der Waals surface area contributed by atoms with Crippen LogP contribution in [0.15, 0.2) is 91.1 Å². The summed E-state index contributed by atoms with van der Waals surface area (Å²) >= 11 is 0. The van der Waals surface area contributed by atoms with E-state index in [4.69, 9.17) is 14.2 Å². The molecule has 1 heterocycles. The van der Waals surface area contributed by atoms with Gasteiger partial charge in [0, 0.05) is 18.1 Å². The number of carboxylic acid groups (broad SMARTS) is 1. The minimum absolute atomic E-state index is 0.0591. The normalized spacial score (nSPS) is 14.7. The third-order valence-electron chi connectivity index (χ3n) is 4.53. The topological polar surface area (TPSA) is 94.1 Å². The van der Waals surface area contributed by atoms with Crippen molar-refractivity contribution in [2.75, 3.05) is 5.32 Å². The lowest BCUT2D eigenvalue weighted by atomic mass is 10.1. The van der Waals surface area contributed by atoms with Crippen LogP contribution in [0.2, 0.25) is 0 Å². The van der Waals surface area contributed by atoms with Gasteiger partial charge in [0.1, 0.15) is 5.75 Å². The Morgan fingerprint density at radius 2 is 1.68 bits per heavy atom. The zero-order chi connectivity index (χ0) is 21.6. The van der Waals surface area contributed by atoms with E-state index in [0.29, 0.717) is 17.7 Å². The van der Waals surface area contributed by atoms with Crippen molar-refractivity contribution < 1.29 is 28.9 Å². The summed E-state index contributed by atoms with van der Waals surface area (Å²) in [6.07, 6.45) is 1.38. The molecule has 1 aliphatic rings. The Hall–Kier alpha value is -4.26. The molecule has 0 radical (unpaired) electrons. The number of aromatic carboxylic acids is 1. The van der Waals surface area contributed by atoms with Crippen LogP contribution in [0, 0.1) is 0 Å². The van der Waals surface area contributed by atoms with E-state index in [1.165, 1.54) is 24.5 Å². The fourth-order valence-corrected chi connectivity index (χ4v) is 3.04. The fraction of sp³-hybridized carbons (Fsp3) is 0.0833. The van der Waals surface area contributed by atoms with Crippen LogP contribution < -0.4 is 10.1 Å². The van der Waals surface area contributed by atoms with Gasteiger partial charge in [0.15, 0.2) is 6.26 Å². The van der Waals surface area contributed by atoms with Crippen LogP contribution in [0.3, 0.4) is 0 Å². The summed E-state index contributed by atoms with van der Waals surface area (Å²) in [4.78, 5) is 24.0. The average Bonchev–Trinajstić information content (AvgIpc) is 3.21. The Morgan fingerprint density at radius 1 is 0.968 bits per heavy atom. The average molecular weight is 417 g/mol. The Morgan fingerprint density at radius 3 is 2.39 bits per heavy atom. The molecule has 2 N–H and O–H groups in total. The Balaban J connectivity index is 1.45. The molecule has 7 heteroatoms. The van der Waals surface area contributed by atoms with Crippen LogP contribution in [-0.4, -0.2) is 23.3 Å². The molecular weight excluding hydrogens is 398 g/mol. The van der Waals surface area contributed by atoms with E-state index in [2.05, 4.69) is 5.32 Å². The summed E-state index contributed by atoms with van der Waals surface area (Å²) in [7, 11) is 0. The molecule has 3 aromatic rings. The number of rotatable bonds is 7. The van der Waals surface area contributed by atoms with Gasteiger partial charge in [-0.1, -0.05) is 48.5 Å². The van der Waals surface area contributed by atoms with Crippen LogP contribution >= 0.6 is 0 Å². The maximum absolute atomic E-state index is 12.5. The number of benzene rings is 3. The quantitative estimate of drug-likeness (QED) is 0.591. The van der Waals surface area contributed by atoms with E-state index < -0.39 is 18.2 Å². The minimum Gasteiger partial charge on any atom is -0.478 e. The highest BCUT2D eigenvalue weighted by Crippen LogP contribution is 2.27. The molecule has 1 aliphatic heterocycles. The number of nitrogens with one attached hydrogen (secondary N) is 1. The van der Waals surface area contributed by atoms with Crippen LogP contribution in [0.1, 0.15) is 26.3 Å². The maximum atomic E-state index is 12.5. The van der Waals surface area contributed by atoms with Gasteiger partial charge in [-0.15, -0.1) is 0 Å². The predicted molar refractivity (Wildman–Crippen MR) is 113 cm³/mol. The van der Waals surface area contributed by atoms with Crippen molar-refractivity contribution >= 4 is 17.6 Å². The molecule has 0 fully saturated rings. The van der Waals surface area contributed by atoms with Crippen LogP contribution in [0.5, 0.6) is 5.75 Å². The molecule has 0 saturated heterocycles. The number of carbonyl (C=O) groups excluding carboxylic acids is 1. The number of carbonyl (C=O) groups is 2. The van der Waals surface area contributed by atoms with Gasteiger partial charge < -0.3 is 24.6 Å². The van der Waals surface area contributed by atoms with E-state index >= 15 is 0 Å². The third kappa shape index (κ3) is 5.02. The monoisotopic (exact) mass is 417 g/mol. The van der Waals surface area contributed by atoms with E-state index in [0.717, 1.165) is 5.56 Å². The number of ether oxygens (including phenoxy) is 3. The van der Waals surface area contributed by atoms with Crippen molar-refractivity contribution in [3.8, 4) is 5.75 Å². The van der Waals surface area contributed by atoms with Crippen molar-refractivity contribution in [1.82, 2.24) is 0 Å². The lowest BCUT2D eigenvalue weighted by Gasteiger charge is -2.13. The number of amides is 1. The SMILES string of the molecule is O=C(Nc1cc(OC2=COC(Cc3ccccc3)O2)ccc1C(=O)O)c1ccccc1. The van der Waals surface area contributed by atoms with E-state index in [-0.39, 0.29) is 17.2 Å². The molecule has 0 aromatic heterocycles. The lowest BCUT2D eigenvalue weighted by molar-refractivity contribution is -0.0519. The van der Waals surface area contributed by atoms with Crippen molar-refractivity contribution in [2.24, 2.45) is 0 Å². The summed E-state index contributed by atoms with van der Waals surface area (Å²) in [5.41, 5.74) is 1.51. The second kappa shape index (κ2) is 9.04. The first-order valence-corrected chi connectivity index (χ1v) is 9.56. The minimum atomic E-state index is -1.17. The number of anilines is 1. The Kier molecular flexibility index (Phi) is 5.84. The van der Waals surface area contributed by atoms with Crippen LogP contribution in [0.4, 0.5) is 5.69 Å². The van der Waals surface area contributed by atoms with Gasteiger partial charge in [-0.25, -0.2) is 4.79 Å². The molecule has 0 spiro atoms. The highest BCUT2D eigenvalue weighted by Gasteiger charge is 2.22. The third-order valence-corrected chi connectivity index (χ3v) is 4.53. The Bertz CT molecular complexity index is 1110. The van der Waals surface area contributed by atoms with Gasteiger partial charge in [-0.05, 0) is 29.8 Å². The highest BCUT2D eigenvalue weighted by atomic mass is 16.8. The molecule has 1 atom stereocenters. The number of hydrogen-bond acceptors (Lipinski definition) is 5. The summed E-state index contributed by atoms with van der Waals surface area (Å²) in [6.45, 7) is 0. The van der Waals surface area contributed by atoms with Crippen LogP contribution in [0.25, 0.3) is 0 Å². The first-order valence-electron chi connectivity index (χ1n) is 9.56. The van der Waals surface area contributed by atoms with Crippen LogP contribution in [-0.2, 0) is 15.9 Å². The molecular formula is C24H19NO6. The molecule has 3 aromatic carbocycles. The number of carboxylic acids is 1. The van der Waals surface area contributed by atoms with Crippen molar-refractivity contribution in [2.45, 2.75) is 12.7 Å². The summed E-state index contributed by atoms with van der Waals surface area (Å²) in [5.74, 6) is -1.16. The molecule has 1 amide bonds. The summed E-state index contributed by atoms with van der Waals surface area (Å²) < 4.78 is 16.8. The van der Waals surface area contributed by atoms with E-state index in [1.807, 2.05) is 30.3 Å². The summed E-state index contributed by atoms with van der Waals surface area (Å²) in [5, 5.41) is 12.1. The molecule has 0 aliphatic carbocycles. The Labute approximate surface area is 178 Å². The molecule has 1 unspecified atom stereocenters. The lowest BCUT2D eigenvalue weighted by Crippen LogP contribution is -2.15. The fourth-order valence-electron chi connectivity index (χ4n) is 3.04. The maximum Gasteiger partial charge on any atom is 0.337 e. The van der Waals surface area contributed by atoms with Gasteiger partial charge >= 0.3 is 11.9 Å². The van der Waals surface area contributed by atoms with E-state index in [9.17, 15) is 14.7 Å². The zero-order valence-corrected chi connectivity index (χ0v) is 16.4. The van der Waals surface area contributed by atoms with Gasteiger partial charge in [-0.2, -0.15) is 0 Å². The number of hydrogen-bond donors (Lipinski definition) is 2. The molecule has 0 saturated carbocycles. The van der Waals surface area contributed by atoms with Crippen molar-refractivity contribution in [1.29, 1.82) is 0 Å². The highest BCUT2D eigenvalue weighted by molar-refractivity contribution is 6.07. The zero-order valence-electron chi connectivity index (χ0n) is 16.4. The summed E-state index contributed by atoms with van der Waals surface area (Å²) in [6, 6.07) is 22.5. The molecule has 31 heavy (non-hydrogen) atoms. The largest absolute Gasteiger partial charge is 0.478 e. The van der Waals surface area contributed by atoms with Crippen molar-refractivity contribution in [3.05, 3.63) is 108 Å². The van der Waals surface area contributed by atoms with Gasteiger partial charge in [-0.3, -0.25) is 4.79 Å². The van der Waals surface area contributed by atoms with Gasteiger partial charge in [0.25, 0.3) is 5.91 Å². The first-order chi connectivity index (χ1) is 15.1. The van der Waals surface area contributed by atoms with E-state index in [1.54, 1.807) is 30.3 Å². The smallest absolute Gasteiger partial charge is 0.337 e. The standard InChI is InChI=1S/C24H19NO6/c26-23(17-9-5-2-6-10-17)25-20-14-18(11-12-19(20)24(27)28)30-22-15-29-21(31-22)13-16-7-3-1-4-8-16/h1-12,14-15,21H,13H2,(H,25,26)(H,27,28). The van der Waals surface area contributed by atoms with Gasteiger partial charge in [0.05, 0.1) is 11.3 Å². The molecule has 4 rings (SSSR count). The predicted octanol–water partition coefficient (Wildman–Crippen LogP) is 4.43. The van der Waals surface area contributed by atoms with Crippen molar-refractivity contribution in [3.63, 3.8) is 0 Å². The second-order valence-corrected chi connectivity index (χ2v) is 6.74.